The van der Waals surface area contributed by atoms with Gasteiger partial charge in [-0.25, -0.2) is 0 Å². The third-order valence-electron chi connectivity index (χ3n) is 3.72. The monoisotopic (exact) mass is 271 g/mol. The Morgan fingerprint density at radius 2 is 1.85 bits per heavy atom. The van der Waals surface area contributed by atoms with Gasteiger partial charge in [0.1, 0.15) is 0 Å². The standard InChI is InChI=1S/C17H25N3/c1-6-16-15(11-20(5)19-16)17(18-4)10-14-8-12(2)7-13(3)9-14/h7-9,11,17-18H,6,10H2,1-5H3. The average Bonchev–Trinajstić information content (AvgIpc) is 2.76. The van der Waals surface area contributed by atoms with Crippen molar-refractivity contribution in [3.63, 3.8) is 0 Å². The molecule has 1 N–H and O–H groups in total. The van der Waals surface area contributed by atoms with Crippen LogP contribution in [-0.4, -0.2) is 16.8 Å². The Kier molecular flexibility index (Phi) is 4.61. The lowest BCUT2D eigenvalue weighted by molar-refractivity contribution is 0.586. The fourth-order valence-electron chi connectivity index (χ4n) is 2.91. The highest BCUT2D eigenvalue weighted by Gasteiger charge is 2.16. The van der Waals surface area contributed by atoms with Gasteiger partial charge < -0.3 is 5.32 Å². The molecule has 20 heavy (non-hydrogen) atoms. The fraction of sp³-hybridized carbons (Fsp3) is 0.471. The maximum Gasteiger partial charge on any atom is 0.0669 e. The van der Waals surface area contributed by atoms with Gasteiger partial charge in [0.05, 0.1) is 5.69 Å². The van der Waals surface area contributed by atoms with Gasteiger partial charge in [0.2, 0.25) is 0 Å². The SMILES string of the molecule is CCc1nn(C)cc1C(Cc1cc(C)cc(C)c1)NC. The summed E-state index contributed by atoms with van der Waals surface area (Å²) in [6.07, 6.45) is 4.11. The van der Waals surface area contributed by atoms with Gasteiger partial charge in [0, 0.05) is 24.8 Å². The van der Waals surface area contributed by atoms with Gasteiger partial charge in [-0.3, -0.25) is 4.68 Å². The Morgan fingerprint density at radius 1 is 1.20 bits per heavy atom. The zero-order valence-electron chi connectivity index (χ0n) is 13.2. The molecule has 0 spiro atoms. The van der Waals surface area contributed by atoms with Crippen molar-refractivity contribution in [3.05, 3.63) is 52.3 Å². The van der Waals surface area contributed by atoms with Gasteiger partial charge in [0.25, 0.3) is 0 Å². The van der Waals surface area contributed by atoms with Crippen LogP contribution in [0.4, 0.5) is 0 Å². The number of nitrogens with one attached hydrogen (secondary N) is 1. The molecule has 0 aliphatic rings. The van der Waals surface area contributed by atoms with Crippen LogP contribution in [0.15, 0.2) is 24.4 Å². The molecule has 0 bridgehead atoms. The molecule has 0 aliphatic carbocycles. The predicted molar refractivity (Wildman–Crippen MR) is 84.0 cm³/mol. The zero-order valence-corrected chi connectivity index (χ0v) is 13.2. The van der Waals surface area contributed by atoms with Crippen molar-refractivity contribution in [1.82, 2.24) is 15.1 Å². The normalized spacial score (nSPS) is 12.7. The highest BCUT2D eigenvalue weighted by molar-refractivity contribution is 5.31. The number of aromatic nitrogens is 2. The topological polar surface area (TPSA) is 29.9 Å². The van der Waals surface area contributed by atoms with E-state index in [-0.39, 0.29) is 0 Å². The van der Waals surface area contributed by atoms with Gasteiger partial charge in [-0.1, -0.05) is 36.2 Å². The molecule has 2 rings (SSSR count). The van der Waals surface area contributed by atoms with Crippen LogP contribution in [0.1, 0.15) is 40.9 Å². The van der Waals surface area contributed by atoms with E-state index in [0.29, 0.717) is 6.04 Å². The molecule has 1 heterocycles. The van der Waals surface area contributed by atoms with Crippen LogP contribution in [0.5, 0.6) is 0 Å². The summed E-state index contributed by atoms with van der Waals surface area (Å²) in [4.78, 5) is 0. The summed E-state index contributed by atoms with van der Waals surface area (Å²) in [5.74, 6) is 0. The number of benzene rings is 1. The molecule has 1 aromatic carbocycles. The third kappa shape index (κ3) is 3.28. The summed E-state index contributed by atoms with van der Waals surface area (Å²) in [7, 11) is 4.02. The predicted octanol–water partition coefficient (Wildman–Crippen LogP) is 3.10. The Labute approximate surface area is 122 Å². The second-order valence-corrected chi connectivity index (χ2v) is 5.60. The summed E-state index contributed by atoms with van der Waals surface area (Å²) in [5.41, 5.74) is 6.55. The minimum absolute atomic E-state index is 0.319. The molecule has 0 saturated carbocycles. The zero-order chi connectivity index (χ0) is 14.7. The molecule has 0 amide bonds. The quantitative estimate of drug-likeness (QED) is 0.905. The van der Waals surface area contributed by atoms with Crippen LogP contribution in [-0.2, 0) is 19.9 Å². The van der Waals surface area contributed by atoms with E-state index < -0.39 is 0 Å². The van der Waals surface area contributed by atoms with Crippen molar-refractivity contribution >= 4 is 0 Å². The molecule has 0 aliphatic heterocycles. The summed E-state index contributed by atoms with van der Waals surface area (Å²) in [5, 5.41) is 7.99. The smallest absolute Gasteiger partial charge is 0.0669 e. The molecule has 2 aromatic rings. The summed E-state index contributed by atoms with van der Waals surface area (Å²) in [6.45, 7) is 6.48. The Bertz CT molecular complexity index is 564. The molecule has 1 aromatic heterocycles. The molecule has 3 heteroatoms. The van der Waals surface area contributed by atoms with E-state index in [0.717, 1.165) is 12.8 Å². The van der Waals surface area contributed by atoms with Crippen molar-refractivity contribution in [2.45, 2.75) is 39.7 Å². The van der Waals surface area contributed by atoms with E-state index in [1.165, 1.54) is 27.9 Å². The average molecular weight is 271 g/mol. The maximum atomic E-state index is 4.55. The number of nitrogens with zero attached hydrogens (tertiary/aromatic N) is 2. The van der Waals surface area contributed by atoms with Gasteiger partial charge >= 0.3 is 0 Å². The van der Waals surface area contributed by atoms with Crippen LogP contribution in [0, 0.1) is 13.8 Å². The lowest BCUT2D eigenvalue weighted by Crippen LogP contribution is -2.19. The first kappa shape index (κ1) is 14.8. The maximum absolute atomic E-state index is 4.55. The van der Waals surface area contributed by atoms with E-state index in [1.54, 1.807) is 0 Å². The van der Waals surface area contributed by atoms with Crippen molar-refractivity contribution in [1.29, 1.82) is 0 Å². The number of rotatable bonds is 5. The van der Waals surface area contributed by atoms with Gasteiger partial charge in [0.15, 0.2) is 0 Å². The van der Waals surface area contributed by atoms with Crippen LogP contribution in [0.25, 0.3) is 0 Å². The van der Waals surface area contributed by atoms with E-state index in [9.17, 15) is 0 Å². The van der Waals surface area contributed by atoms with E-state index >= 15 is 0 Å². The first-order valence-electron chi connectivity index (χ1n) is 7.30. The first-order chi connectivity index (χ1) is 9.53. The number of hydrogen-bond acceptors (Lipinski definition) is 2. The molecule has 108 valence electrons. The summed E-state index contributed by atoms with van der Waals surface area (Å²) < 4.78 is 1.92. The molecular weight excluding hydrogens is 246 g/mol. The Balaban J connectivity index is 2.28. The van der Waals surface area contributed by atoms with E-state index in [4.69, 9.17) is 0 Å². The number of hydrogen-bond donors (Lipinski definition) is 1. The highest BCUT2D eigenvalue weighted by atomic mass is 15.3. The van der Waals surface area contributed by atoms with Crippen LogP contribution >= 0.6 is 0 Å². The molecular formula is C17H25N3. The van der Waals surface area contributed by atoms with Gasteiger partial charge in [-0.05, 0) is 39.3 Å². The number of likely N-dealkylation sites (N-methyl/N-ethyl adjacent to an activating group) is 1. The van der Waals surface area contributed by atoms with Crippen molar-refractivity contribution < 1.29 is 0 Å². The Morgan fingerprint density at radius 3 is 2.40 bits per heavy atom. The minimum Gasteiger partial charge on any atom is -0.313 e. The van der Waals surface area contributed by atoms with Crippen molar-refractivity contribution in [2.24, 2.45) is 7.05 Å². The lowest BCUT2D eigenvalue weighted by Gasteiger charge is -2.17. The third-order valence-corrected chi connectivity index (χ3v) is 3.72. The second-order valence-electron chi connectivity index (χ2n) is 5.60. The Hall–Kier alpha value is -1.61. The van der Waals surface area contributed by atoms with Crippen molar-refractivity contribution in [2.75, 3.05) is 7.05 Å². The van der Waals surface area contributed by atoms with Crippen LogP contribution < -0.4 is 5.32 Å². The van der Waals surface area contributed by atoms with Crippen molar-refractivity contribution in [3.8, 4) is 0 Å². The van der Waals surface area contributed by atoms with E-state index in [1.807, 2.05) is 18.8 Å². The van der Waals surface area contributed by atoms with Gasteiger partial charge in [-0.15, -0.1) is 0 Å². The molecule has 3 nitrogen and oxygen atoms in total. The first-order valence-corrected chi connectivity index (χ1v) is 7.30. The largest absolute Gasteiger partial charge is 0.313 e. The fourth-order valence-corrected chi connectivity index (χ4v) is 2.91. The molecule has 1 unspecified atom stereocenters. The van der Waals surface area contributed by atoms with Crippen LogP contribution in [0.2, 0.25) is 0 Å². The summed E-state index contributed by atoms with van der Waals surface area (Å²) in [6, 6.07) is 7.10. The molecule has 1 atom stereocenters. The minimum atomic E-state index is 0.319. The highest BCUT2D eigenvalue weighted by Crippen LogP contribution is 2.22. The number of aryl methyl sites for hydroxylation is 4. The summed E-state index contributed by atoms with van der Waals surface area (Å²) >= 11 is 0. The molecule has 0 saturated heterocycles. The second kappa shape index (κ2) is 6.23. The lowest BCUT2D eigenvalue weighted by atomic mass is 9.96. The van der Waals surface area contributed by atoms with Gasteiger partial charge in [-0.2, -0.15) is 5.10 Å². The van der Waals surface area contributed by atoms with Crippen LogP contribution in [0.3, 0.4) is 0 Å². The molecule has 0 fully saturated rings. The molecule has 0 radical (unpaired) electrons. The van der Waals surface area contributed by atoms with E-state index in [2.05, 4.69) is 55.6 Å².